The maximum atomic E-state index is 14.4. The summed E-state index contributed by atoms with van der Waals surface area (Å²) >= 11 is 0. The summed E-state index contributed by atoms with van der Waals surface area (Å²) in [6.45, 7) is 0.950. The summed E-state index contributed by atoms with van der Waals surface area (Å²) in [7, 11) is 0. The lowest BCUT2D eigenvalue weighted by molar-refractivity contribution is -0.137. The van der Waals surface area contributed by atoms with E-state index in [0.717, 1.165) is 16.8 Å². The first kappa shape index (κ1) is 20.0. The Morgan fingerprint density at radius 3 is 2.41 bits per heavy atom. The lowest BCUT2D eigenvalue weighted by Gasteiger charge is -2.22. The number of nitrogens with one attached hydrogen (secondary N) is 1. The molecule has 148 valence electrons. The molecule has 27 heavy (non-hydrogen) atoms. The Morgan fingerprint density at radius 2 is 1.78 bits per heavy atom. The number of benzene rings is 1. The molecule has 0 bridgehead atoms. The Bertz CT molecular complexity index is 841. The van der Waals surface area contributed by atoms with Crippen LogP contribution in [0.5, 0.6) is 0 Å². The number of aromatic nitrogens is 2. The Morgan fingerprint density at radius 1 is 1.11 bits per heavy atom. The van der Waals surface area contributed by atoms with Crippen LogP contribution in [0.1, 0.15) is 30.0 Å². The zero-order valence-corrected chi connectivity index (χ0v) is 14.7. The third-order valence-electron chi connectivity index (χ3n) is 5.41. The van der Waals surface area contributed by atoms with E-state index in [4.69, 9.17) is 0 Å². The van der Waals surface area contributed by atoms with Crippen molar-refractivity contribution in [1.29, 1.82) is 0 Å². The van der Waals surface area contributed by atoms with Gasteiger partial charge >= 0.3 is 6.18 Å². The maximum absolute atomic E-state index is 14.4. The van der Waals surface area contributed by atoms with Crippen LogP contribution in [0, 0.1) is 11.2 Å². The molecular formula is C17H16ClF6N3. The molecule has 1 aromatic carbocycles. The molecule has 0 radical (unpaired) electrons. The first-order chi connectivity index (χ1) is 12.2. The van der Waals surface area contributed by atoms with Crippen LogP contribution in [0.2, 0.25) is 0 Å². The van der Waals surface area contributed by atoms with Crippen molar-refractivity contribution in [3.05, 3.63) is 47.5 Å². The fraction of sp³-hybridized carbons (Fsp3) is 0.471. The van der Waals surface area contributed by atoms with E-state index in [9.17, 15) is 26.3 Å². The number of hydrogen-bond donors (Lipinski definition) is 1. The molecule has 1 unspecified atom stereocenters. The van der Waals surface area contributed by atoms with Gasteiger partial charge in [-0.1, -0.05) is 0 Å². The van der Waals surface area contributed by atoms with Gasteiger partial charge in [0.25, 0.3) is 5.92 Å². The molecule has 1 aromatic heterocycles. The first-order valence-corrected chi connectivity index (χ1v) is 8.18. The Kier molecular flexibility index (Phi) is 4.75. The first-order valence-electron chi connectivity index (χ1n) is 8.18. The zero-order chi connectivity index (χ0) is 18.7. The smallest absolute Gasteiger partial charge is 0.317 e. The Hall–Kier alpha value is -1.74. The predicted molar refractivity (Wildman–Crippen MR) is 88.0 cm³/mol. The SMILES string of the molecule is Cl.Fc1ccc(-n2ccc(C3C(F)(F)C34CCNCC4)n2)c(C(F)(F)F)c1. The summed E-state index contributed by atoms with van der Waals surface area (Å²) in [4.78, 5) is 0. The monoisotopic (exact) mass is 411 g/mol. The summed E-state index contributed by atoms with van der Waals surface area (Å²) in [6, 6.07) is 3.52. The fourth-order valence-electron chi connectivity index (χ4n) is 4.03. The minimum Gasteiger partial charge on any atom is -0.317 e. The molecule has 1 aliphatic carbocycles. The van der Waals surface area contributed by atoms with Crippen molar-refractivity contribution in [2.45, 2.75) is 30.9 Å². The van der Waals surface area contributed by atoms with Gasteiger partial charge in [-0.05, 0) is 50.2 Å². The largest absolute Gasteiger partial charge is 0.418 e. The highest BCUT2D eigenvalue weighted by Gasteiger charge is 2.80. The van der Waals surface area contributed by atoms with Gasteiger partial charge in [0.15, 0.2) is 0 Å². The van der Waals surface area contributed by atoms with Crippen molar-refractivity contribution >= 4 is 12.4 Å². The number of rotatable bonds is 2. The van der Waals surface area contributed by atoms with Crippen molar-refractivity contribution in [3.63, 3.8) is 0 Å². The Balaban J connectivity index is 0.00000210. The second-order valence-corrected chi connectivity index (χ2v) is 6.81. The van der Waals surface area contributed by atoms with E-state index in [1.165, 1.54) is 12.3 Å². The van der Waals surface area contributed by atoms with E-state index < -0.39 is 40.5 Å². The lowest BCUT2D eigenvalue weighted by atomic mass is 9.91. The highest BCUT2D eigenvalue weighted by atomic mass is 35.5. The van der Waals surface area contributed by atoms with Crippen LogP contribution >= 0.6 is 12.4 Å². The molecule has 1 N–H and O–H groups in total. The van der Waals surface area contributed by atoms with Crippen molar-refractivity contribution in [2.75, 3.05) is 13.1 Å². The molecule has 10 heteroatoms. The lowest BCUT2D eigenvalue weighted by Crippen LogP contribution is -2.32. The van der Waals surface area contributed by atoms with E-state index in [0.29, 0.717) is 32.0 Å². The summed E-state index contributed by atoms with van der Waals surface area (Å²) < 4.78 is 82.5. The van der Waals surface area contributed by atoms with E-state index in [1.54, 1.807) is 0 Å². The topological polar surface area (TPSA) is 29.9 Å². The van der Waals surface area contributed by atoms with Crippen LogP contribution in [-0.2, 0) is 6.18 Å². The van der Waals surface area contributed by atoms with E-state index in [2.05, 4.69) is 10.4 Å². The summed E-state index contributed by atoms with van der Waals surface area (Å²) in [5, 5.41) is 7.02. The number of halogens is 7. The quantitative estimate of drug-likeness (QED) is 0.734. The predicted octanol–water partition coefficient (Wildman–Crippen LogP) is 4.55. The van der Waals surface area contributed by atoms with Gasteiger partial charge < -0.3 is 5.32 Å². The van der Waals surface area contributed by atoms with E-state index in [-0.39, 0.29) is 18.1 Å². The average Bonchev–Trinajstić information content (AvgIpc) is 2.90. The molecular weight excluding hydrogens is 396 g/mol. The highest BCUT2D eigenvalue weighted by molar-refractivity contribution is 5.85. The average molecular weight is 412 g/mol. The summed E-state index contributed by atoms with van der Waals surface area (Å²) in [6.07, 6.45) is -2.99. The van der Waals surface area contributed by atoms with Gasteiger partial charge in [-0.15, -0.1) is 12.4 Å². The standard InChI is InChI=1S/C17H15F6N3.ClH/c18-10-1-2-13(11(9-10)17(21,22)23)26-8-3-12(25-26)14-15(16(14,19)20)4-6-24-7-5-15;/h1-3,8-9,14,24H,4-7H2;1H. The van der Waals surface area contributed by atoms with Gasteiger partial charge in [0.2, 0.25) is 0 Å². The van der Waals surface area contributed by atoms with Gasteiger partial charge in [0.1, 0.15) is 5.82 Å². The zero-order valence-electron chi connectivity index (χ0n) is 13.9. The van der Waals surface area contributed by atoms with Crippen LogP contribution in [0.3, 0.4) is 0 Å². The van der Waals surface area contributed by atoms with Crippen molar-refractivity contribution in [3.8, 4) is 5.69 Å². The molecule has 1 aliphatic heterocycles. The molecule has 2 fully saturated rings. The van der Waals surface area contributed by atoms with Crippen LogP contribution in [0.4, 0.5) is 26.3 Å². The Labute approximate surface area is 157 Å². The summed E-state index contributed by atoms with van der Waals surface area (Å²) in [5.74, 6) is -5.06. The minimum atomic E-state index is -4.79. The van der Waals surface area contributed by atoms with Crippen LogP contribution in [0.25, 0.3) is 5.69 Å². The normalized spacial score (nSPS) is 23.1. The van der Waals surface area contributed by atoms with Crippen molar-refractivity contribution in [1.82, 2.24) is 15.1 Å². The van der Waals surface area contributed by atoms with Gasteiger partial charge in [-0.3, -0.25) is 0 Å². The van der Waals surface area contributed by atoms with E-state index >= 15 is 0 Å². The number of piperidine rings is 1. The molecule has 1 spiro atoms. The van der Waals surface area contributed by atoms with Crippen LogP contribution in [-0.4, -0.2) is 28.8 Å². The molecule has 2 aromatic rings. The third kappa shape index (κ3) is 3.00. The minimum absolute atomic E-state index is 0. The van der Waals surface area contributed by atoms with Crippen molar-refractivity contribution < 1.29 is 26.3 Å². The van der Waals surface area contributed by atoms with Gasteiger partial charge in [0.05, 0.1) is 28.3 Å². The van der Waals surface area contributed by atoms with Gasteiger partial charge in [-0.25, -0.2) is 17.9 Å². The van der Waals surface area contributed by atoms with Crippen LogP contribution < -0.4 is 5.32 Å². The molecule has 2 aliphatic rings. The molecule has 3 nitrogen and oxygen atoms in total. The molecule has 4 rings (SSSR count). The highest BCUT2D eigenvalue weighted by Crippen LogP contribution is 2.74. The molecule has 1 saturated carbocycles. The second kappa shape index (κ2) is 6.41. The molecule has 1 saturated heterocycles. The number of hydrogen-bond acceptors (Lipinski definition) is 2. The van der Waals surface area contributed by atoms with Gasteiger partial charge in [-0.2, -0.15) is 18.3 Å². The second-order valence-electron chi connectivity index (χ2n) is 6.81. The molecule has 1 atom stereocenters. The van der Waals surface area contributed by atoms with Crippen molar-refractivity contribution in [2.24, 2.45) is 5.41 Å². The van der Waals surface area contributed by atoms with E-state index in [1.807, 2.05) is 0 Å². The summed E-state index contributed by atoms with van der Waals surface area (Å²) in [5.41, 5.74) is -2.71. The number of nitrogens with zero attached hydrogens (tertiary/aromatic N) is 2. The molecule has 2 heterocycles. The van der Waals surface area contributed by atoms with Crippen LogP contribution in [0.15, 0.2) is 30.5 Å². The third-order valence-corrected chi connectivity index (χ3v) is 5.41. The van der Waals surface area contributed by atoms with Gasteiger partial charge in [0, 0.05) is 6.20 Å². The fourth-order valence-corrected chi connectivity index (χ4v) is 4.03. The molecule has 0 amide bonds. The maximum Gasteiger partial charge on any atom is 0.418 e. The number of alkyl halides is 5.